The average Bonchev–Trinajstić information content (AvgIpc) is 2.71. The molecular weight excluding hydrogens is 349 g/mol. The van der Waals surface area contributed by atoms with Crippen molar-refractivity contribution in [3.05, 3.63) is 39.5 Å². The van der Waals surface area contributed by atoms with Gasteiger partial charge in [0.05, 0.1) is 9.93 Å². The van der Waals surface area contributed by atoms with Crippen molar-refractivity contribution in [1.82, 2.24) is 4.90 Å². The lowest BCUT2D eigenvalue weighted by Crippen LogP contribution is -2.43. The molecule has 0 aliphatic carbocycles. The van der Waals surface area contributed by atoms with Gasteiger partial charge in [-0.3, -0.25) is 9.69 Å². The molecule has 0 saturated carbocycles. The topological polar surface area (TPSA) is 57.6 Å². The molecule has 2 rings (SSSR count). The Bertz CT molecular complexity index is 672. The maximum Gasteiger partial charge on any atom is 0.326 e. The number of carboxylic acid groups (broad SMARTS) is 1. The molecule has 1 aromatic rings. The maximum absolute atomic E-state index is 13.8. The van der Waals surface area contributed by atoms with Gasteiger partial charge in [-0.2, -0.15) is 0 Å². The van der Waals surface area contributed by atoms with E-state index in [2.05, 4.69) is 0 Å². The molecule has 4 nitrogen and oxygen atoms in total. The van der Waals surface area contributed by atoms with Gasteiger partial charge in [0.2, 0.25) is 0 Å². The molecule has 1 fully saturated rings. The van der Waals surface area contributed by atoms with Crippen LogP contribution in [0.4, 0.5) is 4.39 Å². The van der Waals surface area contributed by atoms with E-state index in [4.69, 9.17) is 23.8 Å². The first-order chi connectivity index (χ1) is 10.4. The SMILES string of the molecule is CC[C@@H](C(=O)O)N1C(=O)/C(=C/c2c(F)cccc2Cl)SC1=S. The average molecular weight is 360 g/mol. The van der Waals surface area contributed by atoms with Crippen LogP contribution in [0.5, 0.6) is 0 Å². The predicted octanol–water partition coefficient (Wildman–Crippen LogP) is 3.54. The predicted molar refractivity (Wildman–Crippen MR) is 88.1 cm³/mol. The van der Waals surface area contributed by atoms with Gasteiger partial charge in [-0.05, 0) is 24.6 Å². The highest BCUT2D eigenvalue weighted by molar-refractivity contribution is 8.26. The van der Waals surface area contributed by atoms with Gasteiger partial charge in [0.25, 0.3) is 5.91 Å². The van der Waals surface area contributed by atoms with Crippen LogP contribution in [-0.2, 0) is 9.59 Å². The highest BCUT2D eigenvalue weighted by atomic mass is 35.5. The number of nitrogens with zero attached hydrogens (tertiary/aromatic N) is 1. The van der Waals surface area contributed by atoms with Crippen molar-refractivity contribution in [3.8, 4) is 0 Å². The second-order valence-corrected chi connectivity index (χ2v) is 6.53. The number of thioether (sulfide) groups is 1. The molecule has 8 heteroatoms. The Kier molecular flexibility index (Phi) is 5.20. The zero-order valence-corrected chi connectivity index (χ0v) is 13.8. The number of benzene rings is 1. The van der Waals surface area contributed by atoms with E-state index in [9.17, 15) is 19.1 Å². The molecule has 0 spiro atoms. The van der Waals surface area contributed by atoms with Crippen LogP contribution in [0.1, 0.15) is 18.9 Å². The van der Waals surface area contributed by atoms with Crippen LogP contribution < -0.4 is 0 Å². The lowest BCUT2D eigenvalue weighted by atomic mass is 10.1. The number of carbonyl (C=O) groups is 2. The van der Waals surface area contributed by atoms with E-state index in [1.165, 1.54) is 24.3 Å². The van der Waals surface area contributed by atoms with E-state index >= 15 is 0 Å². The van der Waals surface area contributed by atoms with Gasteiger partial charge in [-0.25, -0.2) is 9.18 Å². The fraction of sp³-hybridized carbons (Fsp3) is 0.214. The van der Waals surface area contributed by atoms with Crippen LogP contribution in [0.25, 0.3) is 6.08 Å². The summed E-state index contributed by atoms with van der Waals surface area (Å²) >= 11 is 11.9. The highest BCUT2D eigenvalue weighted by Crippen LogP contribution is 2.36. The molecular formula is C14H11ClFNO3S2. The number of amides is 1. The van der Waals surface area contributed by atoms with Crippen molar-refractivity contribution in [3.63, 3.8) is 0 Å². The smallest absolute Gasteiger partial charge is 0.326 e. The number of rotatable bonds is 4. The van der Waals surface area contributed by atoms with Crippen LogP contribution in [0.15, 0.2) is 23.1 Å². The number of carboxylic acids is 1. The molecule has 1 heterocycles. The van der Waals surface area contributed by atoms with Crippen molar-refractivity contribution in [2.75, 3.05) is 0 Å². The molecule has 0 radical (unpaired) electrons. The normalized spacial score (nSPS) is 18.1. The Morgan fingerprint density at radius 1 is 1.59 bits per heavy atom. The number of thiocarbonyl (C=S) groups is 1. The van der Waals surface area contributed by atoms with Crippen LogP contribution in [0.2, 0.25) is 5.02 Å². The van der Waals surface area contributed by atoms with Crippen LogP contribution in [0, 0.1) is 5.82 Å². The van der Waals surface area contributed by atoms with Gasteiger partial charge in [-0.15, -0.1) is 0 Å². The number of aliphatic carboxylic acids is 1. The largest absolute Gasteiger partial charge is 0.480 e. The Balaban J connectivity index is 2.40. The maximum atomic E-state index is 13.8. The Morgan fingerprint density at radius 3 is 2.82 bits per heavy atom. The Hall–Kier alpha value is -1.44. The van der Waals surface area contributed by atoms with E-state index < -0.39 is 23.7 Å². The third-order valence-electron chi connectivity index (χ3n) is 3.08. The van der Waals surface area contributed by atoms with E-state index in [1.807, 2.05) is 0 Å². The summed E-state index contributed by atoms with van der Waals surface area (Å²) in [4.78, 5) is 24.8. The number of hydrogen-bond acceptors (Lipinski definition) is 4. The van der Waals surface area contributed by atoms with Crippen LogP contribution in [0.3, 0.4) is 0 Å². The Morgan fingerprint density at radius 2 is 2.27 bits per heavy atom. The number of carbonyl (C=O) groups excluding carboxylic acids is 1. The summed E-state index contributed by atoms with van der Waals surface area (Å²) in [6.45, 7) is 1.65. The van der Waals surface area contributed by atoms with Crippen molar-refractivity contribution >= 4 is 57.9 Å². The molecule has 1 atom stereocenters. The molecule has 0 bridgehead atoms. The molecule has 0 aromatic heterocycles. The van der Waals surface area contributed by atoms with E-state index in [0.29, 0.717) is 0 Å². The molecule has 1 aliphatic heterocycles. The summed E-state index contributed by atoms with van der Waals surface area (Å²) in [6, 6.07) is 3.15. The van der Waals surface area contributed by atoms with Crippen LogP contribution in [-0.4, -0.2) is 32.2 Å². The van der Waals surface area contributed by atoms with Crippen LogP contribution >= 0.6 is 35.6 Å². The summed E-state index contributed by atoms with van der Waals surface area (Å²) in [5.74, 6) is -2.25. The zero-order chi connectivity index (χ0) is 16.4. The van der Waals surface area contributed by atoms with Crippen molar-refractivity contribution in [2.45, 2.75) is 19.4 Å². The lowest BCUT2D eigenvalue weighted by Gasteiger charge is -2.21. The minimum Gasteiger partial charge on any atom is -0.480 e. The third-order valence-corrected chi connectivity index (χ3v) is 4.74. The second kappa shape index (κ2) is 6.76. The van der Waals surface area contributed by atoms with Gasteiger partial charge in [-0.1, -0.05) is 48.6 Å². The van der Waals surface area contributed by atoms with Gasteiger partial charge in [0.15, 0.2) is 0 Å². The molecule has 1 N–H and O–H groups in total. The molecule has 22 heavy (non-hydrogen) atoms. The van der Waals surface area contributed by atoms with Crippen molar-refractivity contribution in [2.24, 2.45) is 0 Å². The molecule has 1 aromatic carbocycles. The minimum absolute atomic E-state index is 0.0769. The molecule has 1 saturated heterocycles. The van der Waals surface area contributed by atoms with Gasteiger partial charge in [0, 0.05) is 5.56 Å². The fourth-order valence-electron chi connectivity index (χ4n) is 2.00. The number of halogens is 2. The number of hydrogen-bond donors (Lipinski definition) is 1. The zero-order valence-electron chi connectivity index (χ0n) is 11.4. The summed E-state index contributed by atoms with van der Waals surface area (Å²) in [7, 11) is 0. The quantitative estimate of drug-likeness (QED) is 0.658. The molecule has 116 valence electrons. The lowest BCUT2D eigenvalue weighted by molar-refractivity contribution is -0.145. The second-order valence-electron chi connectivity index (χ2n) is 4.45. The van der Waals surface area contributed by atoms with Gasteiger partial charge in [0.1, 0.15) is 16.2 Å². The summed E-state index contributed by atoms with van der Waals surface area (Å²) in [5.41, 5.74) is 0.0769. The highest BCUT2D eigenvalue weighted by Gasteiger charge is 2.39. The molecule has 1 amide bonds. The molecule has 0 unspecified atom stereocenters. The first kappa shape index (κ1) is 16.9. The first-order valence-electron chi connectivity index (χ1n) is 6.30. The van der Waals surface area contributed by atoms with Gasteiger partial charge < -0.3 is 5.11 Å². The Labute approximate surface area is 140 Å². The minimum atomic E-state index is -1.14. The first-order valence-corrected chi connectivity index (χ1v) is 7.91. The standard InChI is InChI=1S/C14H11ClFNO3S2/c1-2-10(13(19)20)17-12(18)11(22-14(17)21)6-7-8(15)4-3-5-9(7)16/h3-6,10H,2H2,1H3,(H,19,20)/b11-6-/t10-/m0/s1. The van der Waals surface area contributed by atoms with E-state index in [-0.39, 0.29) is 26.2 Å². The monoisotopic (exact) mass is 359 g/mol. The van der Waals surface area contributed by atoms with E-state index in [0.717, 1.165) is 16.7 Å². The summed E-state index contributed by atoms with van der Waals surface area (Å²) < 4.78 is 13.9. The van der Waals surface area contributed by atoms with E-state index in [1.54, 1.807) is 6.92 Å². The van der Waals surface area contributed by atoms with Crippen molar-refractivity contribution in [1.29, 1.82) is 0 Å². The summed E-state index contributed by atoms with van der Waals surface area (Å²) in [6.07, 6.45) is 1.51. The van der Waals surface area contributed by atoms with Crippen molar-refractivity contribution < 1.29 is 19.1 Å². The summed E-state index contributed by atoms with van der Waals surface area (Å²) in [5, 5.41) is 9.33. The third kappa shape index (κ3) is 3.16. The van der Waals surface area contributed by atoms with Gasteiger partial charge >= 0.3 is 5.97 Å². The fourth-order valence-corrected chi connectivity index (χ4v) is 3.55. The molecule has 1 aliphatic rings.